The van der Waals surface area contributed by atoms with Gasteiger partial charge in [-0.3, -0.25) is 4.90 Å². The van der Waals surface area contributed by atoms with E-state index in [0.29, 0.717) is 12.8 Å². The van der Waals surface area contributed by atoms with Crippen LogP contribution in [0.1, 0.15) is 12.8 Å². The largest absolute Gasteiger partial charge is 0.390 e. The maximum Gasteiger partial charge on any atom is 0.245 e. The zero-order valence-corrected chi connectivity index (χ0v) is 8.82. The Morgan fingerprint density at radius 1 is 1.31 bits per heavy atom. The first-order valence-electron chi connectivity index (χ1n) is 5.48. The van der Waals surface area contributed by atoms with Gasteiger partial charge in [-0.15, -0.1) is 0 Å². The molecule has 1 aliphatic heterocycles. The van der Waals surface area contributed by atoms with Crippen LogP contribution in [0.25, 0.3) is 0 Å². The van der Waals surface area contributed by atoms with E-state index in [0.717, 1.165) is 0 Å². The summed E-state index contributed by atoms with van der Waals surface area (Å²) in [4.78, 5) is 1.57. The molecule has 2 aliphatic rings. The normalized spacial score (nSPS) is 38.2. The van der Waals surface area contributed by atoms with Gasteiger partial charge in [-0.2, -0.15) is 0 Å². The number of rotatable bonds is 3. The molecule has 2 fully saturated rings. The third-order valence-electron chi connectivity index (χ3n) is 3.81. The fourth-order valence-electron chi connectivity index (χ4n) is 2.86. The first-order valence-corrected chi connectivity index (χ1v) is 5.48. The molecule has 0 aromatic rings. The molecule has 6 heteroatoms. The highest BCUT2D eigenvalue weighted by atomic mass is 19.3. The minimum Gasteiger partial charge on any atom is -0.390 e. The summed E-state index contributed by atoms with van der Waals surface area (Å²) < 4.78 is 38.1. The van der Waals surface area contributed by atoms with E-state index >= 15 is 0 Å². The number of aliphatic hydroxyl groups is 2. The number of alkyl halides is 3. The minimum absolute atomic E-state index is 0.0486. The van der Waals surface area contributed by atoms with Crippen LogP contribution in [-0.4, -0.2) is 59.0 Å². The lowest BCUT2D eigenvalue weighted by Crippen LogP contribution is -2.62. The molecule has 0 aromatic heterocycles. The first-order chi connectivity index (χ1) is 7.53. The second-order valence-electron chi connectivity index (χ2n) is 4.66. The van der Waals surface area contributed by atoms with Gasteiger partial charge in [0.05, 0.1) is 18.1 Å². The highest BCUT2D eigenvalue weighted by molar-refractivity contribution is 5.15. The van der Waals surface area contributed by atoms with Crippen molar-refractivity contribution in [2.45, 2.75) is 37.0 Å². The molecule has 1 heterocycles. The molecule has 0 amide bonds. The summed E-state index contributed by atoms with van der Waals surface area (Å²) in [5.41, 5.74) is -0.779. The average molecular weight is 239 g/mol. The van der Waals surface area contributed by atoms with Gasteiger partial charge in [0.1, 0.15) is 6.67 Å². The molecule has 0 radical (unpaired) electrons. The molecule has 0 bridgehead atoms. The summed E-state index contributed by atoms with van der Waals surface area (Å²) in [6.07, 6.45) is -4.21. The number of nitrogens with zero attached hydrogens (tertiary/aromatic N) is 1. The van der Waals surface area contributed by atoms with Crippen LogP contribution in [0, 0.1) is 5.92 Å². The highest BCUT2D eigenvalue weighted by Gasteiger charge is 2.62. The van der Waals surface area contributed by atoms with Gasteiger partial charge in [0.2, 0.25) is 6.43 Å². The Morgan fingerprint density at radius 2 is 1.94 bits per heavy atom. The fraction of sp³-hybridized carbons (Fsp3) is 1.00. The van der Waals surface area contributed by atoms with Gasteiger partial charge in [-0.25, -0.2) is 13.2 Å². The lowest BCUT2D eigenvalue weighted by molar-refractivity contribution is -0.152. The SMILES string of the molecule is O[C@@H]1CN(CCF)C2(CC2)C(C(F)F)[C@H]1O. The van der Waals surface area contributed by atoms with Crippen LogP contribution in [0.2, 0.25) is 0 Å². The van der Waals surface area contributed by atoms with Crippen molar-refractivity contribution in [3.8, 4) is 0 Å². The molecule has 2 N–H and O–H groups in total. The maximum absolute atomic E-state index is 12.9. The highest BCUT2D eigenvalue weighted by Crippen LogP contribution is 2.53. The van der Waals surface area contributed by atoms with E-state index in [9.17, 15) is 23.4 Å². The van der Waals surface area contributed by atoms with E-state index < -0.39 is 36.8 Å². The fourth-order valence-corrected chi connectivity index (χ4v) is 2.86. The smallest absolute Gasteiger partial charge is 0.245 e. The Labute approximate surface area is 91.9 Å². The van der Waals surface area contributed by atoms with Crippen LogP contribution in [0.5, 0.6) is 0 Å². The molecule has 2 rings (SSSR count). The molecule has 1 saturated heterocycles. The lowest BCUT2D eigenvalue weighted by atomic mass is 9.83. The zero-order chi connectivity index (χ0) is 11.9. The Bertz CT molecular complexity index is 260. The molecule has 0 aromatic carbocycles. The van der Waals surface area contributed by atoms with Gasteiger partial charge in [0.25, 0.3) is 0 Å². The molecule has 1 aliphatic carbocycles. The summed E-state index contributed by atoms with van der Waals surface area (Å²) in [6, 6.07) is 0. The number of hydrogen-bond acceptors (Lipinski definition) is 3. The van der Waals surface area contributed by atoms with Gasteiger partial charge in [0.15, 0.2) is 0 Å². The summed E-state index contributed by atoms with van der Waals surface area (Å²) in [6.45, 7) is -0.498. The Kier molecular flexibility index (Phi) is 3.16. The molecule has 1 unspecified atom stereocenters. The topological polar surface area (TPSA) is 43.7 Å². The summed E-state index contributed by atoms with van der Waals surface area (Å²) in [5, 5.41) is 19.1. The number of hydrogen-bond donors (Lipinski definition) is 2. The van der Waals surface area contributed by atoms with Crippen molar-refractivity contribution >= 4 is 0 Å². The number of likely N-dealkylation sites (tertiary alicyclic amines) is 1. The van der Waals surface area contributed by atoms with Gasteiger partial charge in [-0.1, -0.05) is 0 Å². The molecule has 16 heavy (non-hydrogen) atoms. The molecule has 1 saturated carbocycles. The quantitative estimate of drug-likeness (QED) is 0.749. The van der Waals surface area contributed by atoms with Crippen molar-refractivity contribution in [2.75, 3.05) is 19.8 Å². The van der Waals surface area contributed by atoms with Crippen molar-refractivity contribution in [3.63, 3.8) is 0 Å². The molecule has 3 atom stereocenters. The van der Waals surface area contributed by atoms with E-state index in [2.05, 4.69) is 0 Å². The number of aliphatic hydroxyl groups excluding tert-OH is 2. The molecular formula is C10H16F3NO2. The summed E-state index contributed by atoms with van der Waals surface area (Å²) in [5.74, 6) is -1.26. The zero-order valence-electron chi connectivity index (χ0n) is 8.82. The van der Waals surface area contributed by atoms with Crippen molar-refractivity contribution in [1.29, 1.82) is 0 Å². The molecule has 94 valence electrons. The molecule has 1 spiro atoms. The summed E-state index contributed by atoms with van der Waals surface area (Å²) in [7, 11) is 0. The number of halogens is 3. The van der Waals surface area contributed by atoms with Crippen LogP contribution in [-0.2, 0) is 0 Å². The number of β-amino-alcohol motifs (C(OH)–C–C–N with tert-alkyl or cyclic N) is 1. The van der Waals surface area contributed by atoms with Gasteiger partial charge < -0.3 is 10.2 Å². The monoisotopic (exact) mass is 239 g/mol. The summed E-state index contributed by atoms with van der Waals surface area (Å²) >= 11 is 0. The van der Waals surface area contributed by atoms with E-state index in [1.165, 1.54) is 0 Å². The lowest BCUT2D eigenvalue weighted by Gasteiger charge is -2.46. The van der Waals surface area contributed by atoms with Gasteiger partial charge >= 0.3 is 0 Å². The third-order valence-corrected chi connectivity index (χ3v) is 3.81. The predicted molar refractivity (Wildman–Crippen MR) is 51.0 cm³/mol. The van der Waals surface area contributed by atoms with Crippen LogP contribution in [0.15, 0.2) is 0 Å². The standard InChI is InChI=1S/C10H16F3NO2/c11-3-4-14-5-6(15)8(16)7(9(12)13)10(14)1-2-10/h6-9,15-16H,1-5H2/t6-,7?,8+/m1/s1. The van der Waals surface area contributed by atoms with Crippen molar-refractivity contribution in [2.24, 2.45) is 5.92 Å². The first kappa shape index (κ1) is 12.1. The predicted octanol–water partition coefficient (Wildman–Crippen LogP) is 0.407. The van der Waals surface area contributed by atoms with E-state index in [4.69, 9.17) is 0 Å². The number of piperidine rings is 1. The van der Waals surface area contributed by atoms with Gasteiger partial charge in [0, 0.05) is 18.6 Å². The van der Waals surface area contributed by atoms with Crippen molar-refractivity contribution in [3.05, 3.63) is 0 Å². The Balaban J connectivity index is 2.20. The third kappa shape index (κ3) is 1.72. The van der Waals surface area contributed by atoms with E-state index in [1.807, 2.05) is 0 Å². The van der Waals surface area contributed by atoms with Gasteiger partial charge in [-0.05, 0) is 12.8 Å². The van der Waals surface area contributed by atoms with Crippen LogP contribution >= 0.6 is 0 Å². The maximum atomic E-state index is 12.9. The van der Waals surface area contributed by atoms with Crippen molar-refractivity contribution in [1.82, 2.24) is 4.90 Å². The second-order valence-corrected chi connectivity index (χ2v) is 4.66. The Morgan fingerprint density at radius 3 is 2.38 bits per heavy atom. The van der Waals surface area contributed by atoms with Crippen LogP contribution < -0.4 is 0 Å². The van der Waals surface area contributed by atoms with Crippen LogP contribution in [0.4, 0.5) is 13.2 Å². The van der Waals surface area contributed by atoms with Crippen LogP contribution in [0.3, 0.4) is 0 Å². The Hall–Kier alpha value is -0.330. The van der Waals surface area contributed by atoms with E-state index in [1.54, 1.807) is 4.90 Å². The molecule has 3 nitrogen and oxygen atoms in total. The molecular weight excluding hydrogens is 223 g/mol. The minimum atomic E-state index is -2.69. The van der Waals surface area contributed by atoms with Crippen molar-refractivity contribution < 1.29 is 23.4 Å². The average Bonchev–Trinajstić information content (AvgIpc) is 2.96. The van der Waals surface area contributed by atoms with E-state index in [-0.39, 0.29) is 13.1 Å². The second kappa shape index (κ2) is 4.16.